The normalized spacial score (nSPS) is 10.9. The van der Waals surface area contributed by atoms with Crippen molar-refractivity contribution in [2.24, 2.45) is 0 Å². The molecule has 0 radical (unpaired) electrons. The van der Waals surface area contributed by atoms with Crippen LogP contribution in [0.1, 0.15) is 37.5 Å². The van der Waals surface area contributed by atoms with Crippen molar-refractivity contribution in [3.05, 3.63) is 45.3 Å². The van der Waals surface area contributed by atoms with Crippen molar-refractivity contribution >= 4 is 44.7 Å². The summed E-state index contributed by atoms with van der Waals surface area (Å²) >= 11 is 2.42. The van der Waals surface area contributed by atoms with E-state index < -0.39 is 5.97 Å². The van der Waals surface area contributed by atoms with Gasteiger partial charge >= 0.3 is 5.97 Å². The highest BCUT2D eigenvalue weighted by Gasteiger charge is 2.20. The van der Waals surface area contributed by atoms with Crippen LogP contribution in [-0.4, -0.2) is 27.9 Å². The first kappa shape index (κ1) is 15.8. The summed E-state index contributed by atoms with van der Waals surface area (Å²) in [7, 11) is 0. The van der Waals surface area contributed by atoms with Crippen molar-refractivity contribution in [1.29, 1.82) is 0 Å². The molecule has 0 fully saturated rings. The molecule has 5 nitrogen and oxygen atoms in total. The van der Waals surface area contributed by atoms with Crippen LogP contribution in [0.3, 0.4) is 0 Å². The van der Waals surface area contributed by atoms with Gasteiger partial charge < -0.3 is 4.74 Å². The van der Waals surface area contributed by atoms with E-state index in [9.17, 15) is 9.59 Å². The number of benzene rings is 1. The molecule has 0 bridgehead atoms. The molecular formula is C16H14N2O3S2. The maximum absolute atomic E-state index is 12.4. The van der Waals surface area contributed by atoms with Crippen molar-refractivity contribution < 1.29 is 14.3 Å². The van der Waals surface area contributed by atoms with Gasteiger partial charge in [0.25, 0.3) is 0 Å². The molecule has 3 aromatic rings. The maximum Gasteiger partial charge on any atom is 0.352 e. The molecule has 118 valence electrons. The maximum atomic E-state index is 12.4. The monoisotopic (exact) mass is 346 g/mol. The lowest BCUT2D eigenvalue weighted by atomic mass is 10.1. The molecule has 0 saturated carbocycles. The summed E-state index contributed by atoms with van der Waals surface area (Å²) in [6.07, 6.45) is 0.601. The second kappa shape index (κ2) is 6.55. The van der Waals surface area contributed by atoms with E-state index in [1.807, 2.05) is 38.1 Å². The smallest absolute Gasteiger partial charge is 0.352 e. The molecule has 0 saturated heterocycles. The van der Waals surface area contributed by atoms with Gasteiger partial charge in [-0.1, -0.05) is 29.6 Å². The summed E-state index contributed by atoms with van der Waals surface area (Å²) in [6.45, 7) is 3.53. The lowest BCUT2D eigenvalue weighted by molar-refractivity contribution is 0.0479. The first-order valence-electron chi connectivity index (χ1n) is 7.11. The van der Waals surface area contributed by atoms with Crippen LogP contribution in [0.2, 0.25) is 0 Å². The molecular weight excluding hydrogens is 332 g/mol. The van der Waals surface area contributed by atoms with Crippen LogP contribution in [0.4, 0.5) is 0 Å². The summed E-state index contributed by atoms with van der Waals surface area (Å²) in [5, 5.41) is 4.93. The Morgan fingerprint density at radius 2 is 2.00 bits per heavy atom. The summed E-state index contributed by atoms with van der Waals surface area (Å²) in [5.41, 5.74) is 1.53. The average molecular weight is 346 g/mol. The van der Waals surface area contributed by atoms with Crippen LogP contribution in [0.15, 0.2) is 24.3 Å². The Morgan fingerprint density at radius 3 is 2.74 bits per heavy atom. The van der Waals surface area contributed by atoms with E-state index in [-0.39, 0.29) is 12.4 Å². The molecule has 1 aromatic carbocycles. The zero-order valence-electron chi connectivity index (χ0n) is 12.7. The van der Waals surface area contributed by atoms with Gasteiger partial charge in [-0.25, -0.2) is 4.79 Å². The third-order valence-electron chi connectivity index (χ3n) is 3.51. The molecule has 0 aliphatic carbocycles. The molecule has 2 aromatic heterocycles. The van der Waals surface area contributed by atoms with E-state index in [1.165, 1.54) is 11.3 Å². The Kier molecular flexibility index (Phi) is 4.49. The number of nitrogens with zero attached hydrogens (tertiary/aromatic N) is 2. The van der Waals surface area contributed by atoms with Gasteiger partial charge in [-0.05, 0) is 41.9 Å². The molecule has 2 heterocycles. The minimum atomic E-state index is -0.538. The number of fused-ring (bicyclic) bond motifs is 1. The van der Waals surface area contributed by atoms with Crippen molar-refractivity contribution in [2.45, 2.75) is 20.3 Å². The van der Waals surface area contributed by atoms with Gasteiger partial charge in [-0.3, -0.25) is 4.79 Å². The van der Waals surface area contributed by atoms with Gasteiger partial charge in [0.2, 0.25) is 5.78 Å². The van der Waals surface area contributed by atoms with E-state index >= 15 is 0 Å². The third-order valence-corrected chi connectivity index (χ3v) is 5.57. The zero-order chi connectivity index (χ0) is 16.4. The fourth-order valence-electron chi connectivity index (χ4n) is 2.30. The summed E-state index contributed by atoms with van der Waals surface area (Å²) < 4.78 is 9.95. The molecule has 0 aliphatic heterocycles. The first-order valence-corrected chi connectivity index (χ1v) is 8.70. The minimum absolute atomic E-state index is 0.187. The molecule has 0 aliphatic rings. The van der Waals surface area contributed by atoms with E-state index in [0.29, 0.717) is 21.9 Å². The Hall–Kier alpha value is -2.12. The summed E-state index contributed by atoms with van der Waals surface area (Å²) in [4.78, 5) is 25.4. The number of esters is 1. The van der Waals surface area contributed by atoms with Gasteiger partial charge in [-0.15, -0.1) is 16.4 Å². The third kappa shape index (κ3) is 3.02. The van der Waals surface area contributed by atoms with Gasteiger partial charge in [-0.2, -0.15) is 0 Å². The molecule has 0 unspecified atom stereocenters. The quantitative estimate of drug-likeness (QED) is 0.521. The van der Waals surface area contributed by atoms with E-state index in [1.54, 1.807) is 0 Å². The van der Waals surface area contributed by atoms with Crippen molar-refractivity contribution in [3.63, 3.8) is 0 Å². The molecule has 7 heteroatoms. The number of aromatic nitrogens is 2. The lowest BCUT2D eigenvalue weighted by Gasteiger charge is -2.03. The van der Waals surface area contributed by atoms with Gasteiger partial charge in [0.05, 0.1) is 10.6 Å². The van der Waals surface area contributed by atoms with Gasteiger partial charge in [0.1, 0.15) is 0 Å². The SMILES string of the molecule is CCc1nnsc1C(=O)OCC(=O)c1sc2ccccc2c1C. The highest BCUT2D eigenvalue weighted by Crippen LogP contribution is 2.30. The van der Waals surface area contributed by atoms with Crippen molar-refractivity contribution in [1.82, 2.24) is 9.59 Å². The van der Waals surface area contributed by atoms with Gasteiger partial charge in [0.15, 0.2) is 11.5 Å². The van der Waals surface area contributed by atoms with Crippen LogP contribution in [0.25, 0.3) is 10.1 Å². The zero-order valence-corrected chi connectivity index (χ0v) is 14.3. The van der Waals surface area contributed by atoms with Crippen LogP contribution in [0, 0.1) is 6.92 Å². The van der Waals surface area contributed by atoms with Crippen LogP contribution in [-0.2, 0) is 11.2 Å². The highest BCUT2D eigenvalue weighted by molar-refractivity contribution is 7.21. The number of rotatable bonds is 5. The summed E-state index contributed by atoms with van der Waals surface area (Å²) in [5.74, 6) is -0.725. The van der Waals surface area contributed by atoms with Crippen LogP contribution >= 0.6 is 22.9 Å². The Morgan fingerprint density at radius 1 is 1.22 bits per heavy atom. The molecule has 3 rings (SSSR count). The number of hydrogen-bond acceptors (Lipinski definition) is 7. The number of Topliss-reactive ketones (excluding diaryl/α,β-unsaturated/α-hetero) is 1. The Balaban J connectivity index is 1.74. The van der Waals surface area contributed by atoms with E-state index in [2.05, 4.69) is 9.59 Å². The fourth-order valence-corrected chi connectivity index (χ4v) is 4.08. The Bertz CT molecular complexity index is 882. The average Bonchev–Trinajstić information content (AvgIpc) is 3.17. The Labute approximate surface area is 141 Å². The number of ketones is 1. The van der Waals surface area contributed by atoms with Gasteiger partial charge in [0, 0.05) is 4.70 Å². The minimum Gasteiger partial charge on any atom is -0.453 e. The molecule has 0 spiro atoms. The second-order valence-corrected chi connectivity index (χ2v) is 6.76. The first-order chi connectivity index (χ1) is 11.1. The van der Waals surface area contributed by atoms with Crippen molar-refractivity contribution in [3.8, 4) is 0 Å². The highest BCUT2D eigenvalue weighted by atomic mass is 32.1. The molecule has 23 heavy (non-hydrogen) atoms. The number of aryl methyl sites for hydroxylation is 2. The second-order valence-electron chi connectivity index (χ2n) is 4.95. The van der Waals surface area contributed by atoms with Crippen LogP contribution < -0.4 is 0 Å². The molecule has 0 N–H and O–H groups in total. The van der Waals surface area contributed by atoms with Crippen LogP contribution in [0.5, 0.6) is 0 Å². The number of carbonyl (C=O) groups excluding carboxylic acids is 2. The predicted molar refractivity (Wildman–Crippen MR) is 90.5 cm³/mol. The standard InChI is InChI=1S/C16H14N2O3S2/c1-3-11-15(23-18-17-11)16(20)21-8-12(19)14-9(2)10-6-4-5-7-13(10)22-14/h4-7H,3,8H2,1-2H3. The largest absolute Gasteiger partial charge is 0.453 e. The fraction of sp³-hybridized carbons (Fsp3) is 0.250. The number of carbonyl (C=O) groups is 2. The number of hydrogen-bond donors (Lipinski definition) is 0. The molecule has 0 amide bonds. The van der Waals surface area contributed by atoms with Crippen molar-refractivity contribution in [2.75, 3.05) is 6.61 Å². The molecule has 0 atom stereocenters. The lowest BCUT2D eigenvalue weighted by Crippen LogP contribution is -2.14. The number of ether oxygens (including phenoxy) is 1. The number of thiophene rings is 1. The van der Waals surface area contributed by atoms with E-state index in [0.717, 1.165) is 27.2 Å². The predicted octanol–water partition coefficient (Wildman–Crippen LogP) is 3.66. The van der Waals surface area contributed by atoms with E-state index in [4.69, 9.17) is 4.74 Å². The summed E-state index contributed by atoms with van der Waals surface area (Å²) in [6, 6.07) is 7.85. The topological polar surface area (TPSA) is 69.2 Å².